The highest BCUT2D eigenvalue weighted by Crippen LogP contribution is 2.36. The van der Waals surface area contributed by atoms with Crippen LogP contribution in [0.5, 0.6) is 0 Å². The molecule has 1 aromatic carbocycles. The van der Waals surface area contributed by atoms with Crippen molar-refractivity contribution in [2.75, 3.05) is 0 Å². The molecule has 0 unspecified atom stereocenters. The van der Waals surface area contributed by atoms with E-state index in [1.807, 2.05) is 0 Å². The molecule has 78 valence electrons. The van der Waals surface area contributed by atoms with Crippen molar-refractivity contribution in [3.8, 4) is 0 Å². The van der Waals surface area contributed by atoms with E-state index in [1.165, 1.54) is 12.1 Å². The van der Waals surface area contributed by atoms with E-state index in [9.17, 15) is 13.2 Å². The van der Waals surface area contributed by atoms with Crippen molar-refractivity contribution in [3.63, 3.8) is 0 Å². The standard InChI is InChI=1S/C9H10F3NS/c1-6(13)7-2-4-8(5-3-7)14-9(10,11)12/h2-6H,13H2,1H3/t6-/m1/s1. The molecule has 0 heterocycles. The van der Waals surface area contributed by atoms with Crippen molar-refractivity contribution < 1.29 is 13.2 Å². The van der Waals surface area contributed by atoms with E-state index in [4.69, 9.17) is 5.73 Å². The fraction of sp³-hybridized carbons (Fsp3) is 0.333. The summed E-state index contributed by atoms with van der Waals surface area (Å²) < 4.78 is 35.8. The van der Waals surface area contributed by atoms with Gasteiger partial charge in [-0.15, -0.1) is 0 Å². The summed E-state index contributed by atoms with van der Waals surface area (Å²) in [5.74, 6) is 0. The molecule has 0 radical (unpaired) electrons. The van der Waals surface area contributed by atoms with E-state index < -0.39 is 5.51 Å². The third-order valence-corrected chi connectivity index (χ3v) is 2.38. The number of benzene rings is 1. The Labute approximate surface area is 84.5 Å². The highest BCUT2D eigenvalue weighted by atomic mass is 32.2. The first-order chi connectivity index (χ1) is 6.38. The van der Waals surface area contributed by atoms with Crippen LogP contribution >= 0.6 is 11.8 Å². The molecule has 0 aliphatic heterocycles. The second-order valence-corrected chi connectivity index (χ2v) is 4.04. The second-order valence-electron chi connectivity index (χ2n) is 2.91. The summed E-state index contributed by atoms with van der Waals surface area (Å²) in [6.07, 6.45) is 0. The van der Waals surface area contributed by atoms with Gasteiger partial charge in [-0.1, -0.05) is 12.1 Å². The summed E-state index contributed by atoms with van der Waals surface area (Å²) in [6.45, 7) is 1.78. The Morgan fingerprint density at radius 2 is 1.71 bits per heavy atom. The van der Waals surface area contributed by atoms with Gasteiger partial charge in [0.05, 0.1) is 0 Å². The minimum absolute atomic E-state index is 0.120. The number of hydrogen-bond acceptors (Lipinski definition) is 2. The summed E-state index contributed by atoms with van der Waals surface area (Å²) in [7, 11) is 0. The van der Waals surface area contributed by atoms with Crippen molar-refractivity contribution in [3.05, 3.63) is 29.8 Å². The fourth-order valence-corrected chi connectivity index (χ4v) is 1.51. The molecule has 0 fully saturated rings. The van der Waals surface area contributed by atoms with Crippen LogP contribution in [0.4, 0.5) is 13.2 Å². The molecule has 1 nitrogen and oxygen atoms in total. The molecule has 1 atom stereocenters. The van der Waals surface area contributed by atoms with Crippen molar-refractivity contribution >= 4 is 11.8 Å². The van der Waals surface area contributed by atoms with Gasteiger partial charge in [0.1, 0.15) is 0 Å². The minimum atomic E-state index is -4.23. The maximum atomic E-state index is 11.9. The van der Waals surface area contributed by atoms with Crippen LogP contribution in [-0.2, 0) is 0 Å². The second kappa shape index (κ2) is 4.23. The van der Waals surface area contributed by atoms with Crippen molar-refractivity contribution in [2.24, 2.45) is 5.73 Å². The van der Waals surface area contributed by atoms with Crippen LogP contribution in [0.2, 0.25) is 0 Å². The van der Waals surface area contributed by atoms with Crippen LogP contribution < -0.4 is 5.73 Å². The molecule has 14 heavy (non-hydrogen) atoms. The lowest BCUT2D eigenvalue weighted by Crippen LogP contribution is -2.04. The predicted molar refractivity (Wildman–Crippen MR) is 51.0 cm³/mol. The molecule has 0 saturated carbocycles. The monoisotopic (exact) mass is 221 g/mol. The van der Waals surface area contributed by atoms with Gasteiger partial charge in [-0.05, 0) is 36.4 Å². The highest BCUT2D eigenvalue weighted by molar-refractivity contribution is 8.00. The molecule has 0 spiro atoms. The van der Waals surface area contributed by atoms with E-state index in [0.29, 0.717) is 0 Å². The third-order valence-electron chi connectivity index (χ3n) is 1.64. The number of thioether (sulfide) groups is 1. The molecule has 1 aromatic rings. The number of halogens is 3. The third kappa shape index (κ3) is 3.59. The van der Waals surface area contributed by atoms with Crippen LogP contribution in [0.1, 0.15) is 18.5 Å². The first kappa shape index (κ1) is 11.4. The smallest absolute Gasteiger partial charge is 0.324 e. The number of nitrogens with two attached hydrogens (primary N) is 1. The fourth-order valence-electron chi connectivity index (χ4n) is 0.973. The molecule has 5 heteroatoms. The summed E-state index contributed by atoms with van der Waals surface area (Å²) in [6, 6.07) is 5.92. The Bertz CT molecular complexity index is 292. The molecule has 0 saturated heterocycles. The average molecular weight is 221 g/mol. The lowest BCUT2D eigenvalue weighted by atomic mass is 10.1. The van der Waals surface area contributed by atoms with Gasteiger partial charge in [-0.3, -0.25) is 0 Å². The van der Waals surface area contributed by atoms with E-state index >= 15 is 0 Å². The first-order valence-corrected chi connectivity index (χ1v) is 4.81. The Kier molecular flexibility index (Phi) is 3.44. The number of rotatable bonds is 2. The normalized spacial score (nSPS) is 14.1. The highest BCUT2D eigenvalue weighted by Gasteiger charge is 2.28. The quantitative estimate of drug-likeness (QED) is 0.775. The van der Waals surface area contributed by atoms with Crippen LogP contribution in [0.3, 0.4) is 0 Å². The molecule has 0 bridgehead atoms. The van der Waals surface area contributed by atoms with E-state index in [2.05, 4.69) is 0 Å². The van der Waals surface area contributed by atoms with Crippen molar-refractivity contribution in [1.29, 1.82) is 0 Å². The lowest BCUT2D eigenvalue weighted by Gasteiger charge is -2.08. The van der Waals surface area contributed by atoms with Gasteiger partial charge in [-0.25, -0.2) is 0 Å². The zero-order valence-corrected chi connectivity index (χ0v) is 8.32. The lowest BCUT2D eigenvalue weighted by molar-refractivity contribution is -0.0328. The zero-order chi connectivity index (χ0) is 10.8. The Balaban J connectivity index is 2.74. The topological polar surface area (TPSA) is 26.0 Å². The molecular weight excluding hydrogens is 211 g/mol. The van der Waals surface area contributed by atoms with Crippen LogP contribution in [0.25, 0.3) is 0 Å². The number of alkyl halides is 3. The van der Waals surface area contributed by atoms with Crippen molar-refractivity contribution in [2.45, 2.75) is 23.4 Å². The molecule has 0 aliphatic rings. The Morgan fingerprint density at radius 3 is 2.07 bits per heavy atom. The Hall–Kier alpha value is -0.680. The first-order valence-electron chi connectivity index (χ1n) is 4.00. The van der Waals surface area contributed by atoms with E-state index in [-0.39, 0.29) is 22.7 Å². The minimum Gasteiger partial charge on any atom is -0.324 e. The summed E-state index contributed by atoms with van der Waals surface area (Å²) in [5.41, 5.74) is 2.17. The van der Waals surface area contributed by atoms with Gasteiger partial charge in [0, 0.05) is 10.9 Å². The van der Waals surface area contributed by atoms with Gasteiger partial charge in [0.2, 0.25) is 0 Å². The SMILES string of the molecule is C[C@@H](N)c1ccc(SC(F)(F)F)cc1. The van der Waals surface area contributed by atoms with Crippen LogP contribution in [-0.4, -0.2) is 5.51 Å². The van der Waals surface area contributed by atoms with Crippen LogP contribution in [0, 0.1) is 0 Å². The summed E-state index contributed by atoms with van der Waals surface area (Å²) >= 11 is -0.120. The zero-order valence-electron chi connectivity index (χ0n) is 7.51. The predicted octanol–water partition coefficient (Wildman–Crippen LogP) is 3.32. The van der Waals surface area contributed by atoms with Gasteiger partial charge in [0.25, 0.3) is 0 Å². The van der Waals surface area contributed by atoms with Crippen molar-refractivity contribution in [1.82, 2.24) is 0 Å². The Morgan fingerprint density at radius 1 is 1.21 bits per heavy atom. The van der Waals surface area contributed by atoms with Crippen LogP contribution in [0.15, 0.2) is 29.2 Å². The van der Waals surface area contributed by atoms with E-state index in [1.54, 1.807) is 19.1 Å². The summed E-state index contributed by atoms with van der Waals surface area (Å²) in [5, 5.41) is 0. The molecule has 0 amide bonds. The maximum absolute atomic E-state index is 11.9. The number of hydrogen-bond donors (Lipinski definition) is 1. The average Bonchev–Trinajstić information content (AvgIpc) is 2.02. The van der Waals surface area contributed by atoms with Gasteiger partial charge in [-0.2, -0.15) is 13.2 Å². The molecule has 0 aliphatic carbocycles. The molecule has 2 N–H and O–H groups in total. The summed E-state index contributed by atoms with van der Waals surface area (Å²) in [4.78, 5) is 0.182. The van der Waals surface area contributed by atoms with Gasteiger partial charge < -0.3 is 5.73 Å². The molecule has 1 rings (SSSR count). The van der Waals surface area contributed by atoms with Gasteiger partial charge >= 0.3 is 5.51 Å². The largest absolute Gasteiger partial charge is 0.446 e. The molecular formula is C9H10F3NS. The maximum Gasteiger partial charge on any atom is 0.446 e. The molecule has 0 aromatic heterocycles. The van der Waals surface area contributed by atoms with E-state index in [0.717, 1.165) is 5.56 Å². The van der Waals surface area contributed by atoms with Gasteiger partial charge in [0.15, 0.2) is 0 Å².